The average Bonchev–Trinajstić information content (AvgIpc) is 2.58. The van der Waals surface area contributed by atoms with Gasteiger partial charge in [0.15, 0.2) is 0 Å². The zero-order chi connectivity index (χ0) is 18.0. The summed E-state index contributed by atoms with van der Waals surface area (Å²) in [7, 11) is 0. The number of aromatic nitrogens is 1. The quantitative estimate of drug-likeness (QED) is 0.645. The van der Waals surface area contributed by atoms with Gasteiger partial charge in [-0.15, -0.1) is 0 Å². The van der Waals surface area contributed by atoms with Crippen molar-refractivity contribution >= 4 is 38.6 Å². The van der Waals surface area contributed by atoms with Crippen molar-refractivity contribution in [3.8, 4) is 0 Å². The van der Waals surface area contributed by atoms with Gasteiger partial charge in [-0.25, -0.2) is 4.39 Å². The molecular formula is C18H13BrFN3O2. The molecule has 0 aliphatic heterocycles. The molecule has 3 aromatic rings. The third-order valence-electron chi connectivity index (χ3n) is 3.55. The van der Waals surface area contributed by atoms with E-state index in [9.17, 15) is 14.0 Å². The van der Waals surface area contributed by atoms with Crippen molar-refractivity contribution in [2.75, 3.05) is 0 Å². The lowest BCUT2D eigenvalue weighted by molar-refractivity contribution is 0.0847. The Balaban J connectivity index is 1.83. The molecule has 0 saturated carbocycles. The second kappa shape index (κ2) is 6.98. The average molecular weight is 402 g/mol. The Morgan fingerprint density at radius 1 is 1.00 bits per heavy atom. The van der Waals surface area contributed by atoms with E-state index in [-0.39, 0.29) is 0 Å². The van der Waals surface area contributed by atoms with Gasteiger partial charge in [-0.2, -0.15) is 0 Å². The maximum absolute atomic E-state index is 13.4. The number of carbonyl (C=O) groups is 2. The lowest BCUT2D eigenvalue weighted by Crippen LogP contribution is -2.41. The molecule has 2 N–H and O–H groups in total. The lowest BCUT2D eigenvalue weighted by Gasteiger charge is -2.11. The Hall–Kier alpha value is -2.80. The van der Waals surface area contributed by atoms with Crippen LogP contribution in [0, 0.1) is 12.7 Å². The highest BCUT2D eigenvalue weighted by atomic mass is 79.9. The van der Waals surface area contributed by atoms with E-state index < -0.39 is 17.6 Å². The third-order valence-corrected chi connectivity index (χ3v) is 4.24. The fourth-order valence-corrected chi connectivity index (χ4v) is 2.88. The van der Waals surface area contributed by atoms with Crippen LogP contribution < -0.4 is 10.9 Å². The predicted molar refractivity (Wildman–Crippen MR) is 95.5 cm³/mol. The van der Waals surface area contributed by atoms with Crippen LogP contribution in [0.15, 0.2) is 53.0 Å². The number of pyridine rings is 1. The van der Waals surface area contributed by atoms with Crippen molar-refractivity contribution in [1.29, 1.82) is 0 Å². The van der Waals surface area contributed by atoms with Gasteiger partial charge in [0.05, 0.1) is 16.6 Å². The van der Waals surface area contributed by atoms with E-state index in [0.717, 1.165) is 0 Å². The number of fused-ring (bicyclic) bond motifs is 1. The van der Waals surface area contributed by atoms with Gasteiger partial charge in [-0.1, -0.05) is 12.1 Å². The van der Waals surface area contributed by atoms with E-state index in [1.54, 1.807) is 37.3 Å². The van der Waals surface area contributed by atoms with E-state index in [2.05, 4.69) is 31.8 Å². The van der Waals surface area contributed by atoms with Crippen LogP contribution in [0.4, 0.5) is 4.39 Å². The van der Waals surface area contributed by atoms with Crippen LogP contribution >= 0.6 is 15.9 Å². The summed E-state index contributed by atoms with van der Waals surface area (Å²) in [4.78, 5) is 28.8. The number of hydrogen-bond acceptors (Lipinski definition) is 3. The molecule has 0 radical (unpaired) electrons. The first kappa shape index (κ1) is 17.0. The minimum absolute atomic E-state index is 0.301. The number of rotatable bonds is 2. The summed E-state index contributed by atoms with van der Waals surface area (Å²) in [6, 6.07) is 12.4. The van der Waals surface area contributed by atoms with Crippen LogP contribution in [0.25, 0.3) is 10.9 Å². The Labute approximate surface area is 151 Å². The minimum atomic E-state index is -0.512. The van der Waals surface area contributed by atoms with Crippen molar-refractivity contribution in [2.45, 2.75) is 6.92 Å². The first-order valence-corrected chi connectivity index (χ1v) is 8.17. The largest absolute Gasteiger partial charge is 0.270 e. The number of aryl methyl sites for hydroxylation is 1. The van der Waals surface area contributed by atoms with Crippen molar-refractivity contribution in [1.82, 2.24) is 15.8 Å². The molecule has 0 spiro atoms. The SMILES string of the molecule is Cc1cc(C(=O)NNC(=O)c2ccccc2Br)c2ccc(F)cc2n1. The number of benzene rings is 2. The maximum Gasteiger partial charge on any atom is 0.270 e. The van der Waals surface area contributed by atoms with Gasteiger partial charge < -0.3 is 0 Å². The molecule has 0 fully saturated rings. The van der Waals surface area contributed by atoms with Crippen LogP contribution in [0.5, 0.6) is 0 Å². The van der Waals surface area contributed by atoms with Crippen LogP contribution in [0.1, 0.15) is 26.4 Å². The van der Waals surface area contributed by atoms with Gasteiger partial charge >= 0.3 is 0 Å². The molecule has 2 aromatic carbocycles. The molecular weight excluding hydrogens is 389 g/mol. The summed E-state index contributed by atoms with van der Waals surface area (Å²) in [5, 5.41) is 0.500. The van der Waals surface area contributed by atoms with Crippen LogP contribution in [0.3, 0.4) is 0 Å². The van der Waals surface area contributed by atoms with Crippen LogP contribution in [-0.2, 0) is 0 Å². The first-order chi connectivity index (χ1) is 12.0. The number of hydrazine groups is 1. The number of halogens is 2. The fourth-order valence-electron chi connectivity index (χ4n) is 2.42. The number of nitrogens with zero attached hydrogens (tertiary/aromatic N) is 1. The fraction of sp³-hybridized carbons (Fsp3) is 0.0556. The van der Waals surface area contributed by atoms with Crippen molar-refractivity contribution in [2.24, 2.45) is 0 Å². The molecule has 2 amide bonds. The Kier molecular flexibility index (Phi) is 4.76. The summed E-state index contributed by atoms with van der Waals surface area (Å²) in [5.74, 6) is -1.40. The predicted octanol–water partition coefficient (Wildman–Crippen LogP) is 3.52. The topological polar surface area (TPSA) is 71.1 Å². The summed E-state index contributed by atoms with van der Waals surface area (Å²) >= 11 is 3.28. The van der Waals surface area contributed by atoms with Crippen molar-refractivity contribution in [3.05, 3.63) is 75.6 Å². The summed E-state index contributed by atoms with van der Waals surface area (Å²) < 4.78 is 14.0. The van der Waals surface area contributed by atoms with Gasteiger partial charge in [-0.3, -0.25) is 25.4 Å². The second-order valence-corrected chi connectivity index (χ2v) is 6.22. The Morgan fingerprint density at radius 2 is 1.68 bits per heavy atom. The highest BCUT2D eigenvalue weighted by Gasteiger charge is 2.15. The van der Waals surface area contributed by atoms with E-state index in [1.165, 1.54) is 18.2 Å². The molecule has 0 aliphatic carbocycles. The summed E-state index contributed by atoms with van der Waals surface area (Å²) in [5.41, 5.74) is 6.39. The Bertz CT molecular complexity index is 986. The van der Waals surface area contributed by atoms with Crippen molar-refractivity contribution < 1.29 is 14.0 Å². The number of amides is 2. The first-order valence-electron chi connectivity index (χ1n) is 7.38. The van der Waals surface area contributed by atoms with Gasteiger partial charge in [0, 0.05) is 21.6 Å². The molecule has 0 saturated heterocycles. The van der Waals surface area contributed by atoms with Crippen LogP contribution in [-0.4, -0.2) is 16.8 Å². The van der Waals surface area contributed by atoms with E-state index in [0.29, 0.717) is 32.2 Å². The lowest BCUT2D eigenvalue weighted by atomic mass is 10.1. The third kappa shape index (κ3) is 3.66. The maximum atomic E-state index is 13.4. The zero-order valence-electron chi connectivity index (χ0n) is 13.1. The molecule has 25 heavy (non-hydrogen) atoms. The highest BCUT2D eigenvalue weighted by molar-refractivity contribution is 9.10. The van der Waals surface area contributed by atoms with Gasteiger partial charge in [0.2, 0.25) is 0 Å². The second-order valence-electron chi connectivity index (χ2n) is 5.36. The van der Waals surface area contributed by atoms with Gasteiger partial charge in [-0.05, 0) is 53.2 Å². The number of carbonyl (C=O) groups excluding carboxylic acids is 2. The van der Waals surface area contributed by atoms with Crippen molar-refractivity contribution in [3.63, 3.8) is 0 Å². The van der Waals surface area contributed by atoms with Gasteiger partial charge in [0.1, 0.15) is 5.82 Å². The normalized spacial score (nSPS) is 10.5. The molecule has 0 unspecified atom stereocenters. The molecule has 3 rings (SSSR count). The molecule has 0 atom stereocenters. The monoisotopic (exact) mass is 401 g/mol. The highest BCUT2D eigenvalue weighted by Crippen LogP contribution is 2.19. The molecule has 0 aliphatic rings. The smallest absolute Gasteiger partial charge is 0.267 e. The zero-order valence-corrected chi connectivity index (χ0v) is 14.7. The van der Waals surface area contributed by atoms with Gasteiger partial charge in [0.25, 0.3) is 11.8 Å². The Morgan fingerprint density at radius 3 is 2.40 bits per heavy atom. The number of hydrogen-bond donors (Lipinski definition) is 2. The molecule has 1 aromatic heterocycles. The molecule has 5 nitrogen and oxygen atoms in total. The number of nitrogens with one attached hydrogen (secondary N) is 2. The van der Waals surface area contributed by atoms with E-state index >= 15 is 0 Å². The minimum Gasteiger partial charge on any atom is -0.267 e. The summed E-state index contributed by atoms with van der Waals surface area (Å²) in [6.07, 6.45) is 0. The standard InChI is InChI=1S/C18H13BrFN3O2/c1-10-8-14(12-7-6-11(20)9-16(12)21-10)18(25)23-22-17(24)13-4-2-3-5-15(13)19/h2-9H,1H3,(H,22,24)(H,23,25). The van der Waals surface area contributed by atoms with E-state index in [4.69, 9.17) is 0 Å². The molecule has 1 heterocycles. The van der Waals surface area contributed by atoms with Crippen LogP contribution in [0.2, 0.25) is 0 Å². The molecule has 126 valence electrons. The molecule has 0 bridgehead atoms. The molecule has 7 heteroatoms. The van der Waals surface area contributed by atoms with E-state index in [1.807, 2.05) is 0 Å². The summed E-state index contributed by atoms with van der Waals surface area (Å²) in [6.45, 7) is 1.71.